The number of anilines is 1. The summed E-state index contributed by atoms with van der Waals surface area (Å²) in [7, 11) is 0. The van der Waals surface area contributed by atoms with Crippen molar-refractivity contribution in [2.45, 2.75) is 20.8 Å². The molecule has 0 spiro atoms. The van der Waals surface area contributed by atoms with Crippen molar-refractivity contribution in [3.63, 3.8) is 0 Å². The van der Waals surface area contributed by atoms with E-state index in [0.717, 1.165) is 16.8 Å². The van der Waals surface area contributed by atoms with E-state index >= 15 is 0 Å². The Bertz CT molecular complexity index is 995. The predicted octanol–water partition coefficient (Wildman–Crippen LogP) is 4.65. The van der Waals surface area contributed by atoms with Gasteiger partial charge in [-0.3, -0.25) is 14.9 Å². The zero-order valence-corrected chi connectivity index (χ0v) is 16.2. The van der Waals surface area contributed by atoms with Crippen molar-refractivity contribution >= 4 is 28.2 Å². The molecule has 2 aromatic carbocycles. The Morgan fingerprint density at radius 2 is 1.96 bits per heavy atom. The van der Waals surface area contributed by atoms with Crippen LogP contribution in [0, 0.1) is 13.8 Å². The Labute approximate surface area is 162 Å². The third-order valence-corrected chi connectivity index (χ3v) is 4.78. The number of rotatable bonds is 6. The summed E-state index contributed by atoms with van der Waals surface area (Å²) in [4.78, 5) is 28.0. The molecule has 0 bridgehead atoms. The van der Waals surface area contributed by atoms with Gasteiger partial charge in [0.2, 0.25) is 0 Å². The van der Waals surface area contributed by atoms with Gasteiger partial charge < -0.3 is 4.74 Å². The highest BCUT2D eigenvalue weighted by molar-refractivity contribution is 7.14. The third kappa shape index (κ3) is 4.80. The lowest BCUT2D eigenvalue weighted by molar-refractivity contribution is -0.118. The molecule has 138 valence electrons. The summed E-state index contributed by atoms with van der Waals surface area (Å²) in [6.45, 7) is 5.43. The molecule has 0 saturated carbocycles. The van der Waals surface area contributed by atoms with Crippen molar-refractivity contribution in [1.29, 1.82) is 0 Å². The number of hydrogen-bond acceptors (Lipinski definition) is 5. The molecule has 5 nitrogen and oxygen atoms in total. The van der Waals surface area contributed by atoms with Gasteiger partial charge in [-0.1, -0.05) is 35.9 Å². The minimum atomic E-state index is -0.301. The fourth-order valence-corrected chi connectivity index (χ4v) is 3.39. The number of ether oxygens (including phenoxy) is 1. The Kier molecular flexibility index (Phi) is 5.66. The molecule has 0 atom stereocenters. The molecular formula is C21H20N2O3S. The average Bonchev–Trinajstić information content (AvgIpc) is 3.08. The van der Waals surface area contributed by atoms with Crippen LogP contribution >= 0.6 is 11.3 Å². The van der Waals surface area contributed by atoms with Gasteiger partial charge >= 0.3 is 0 Å². The van der Waals surface area contributed by atoms with E-state index in [2.05, 4.69) is 23.3 Å². The van der Waals surface area contributed by atoms with Gasteiger partial charge in [0, 0.05) is 16.5 Å². The highest BCUT2D eigenvalue weighted by atomic mass is 32.1. The second-order valence-electron chi connectivity index (χ2n) is 6.28. The van der Waals surface area contributed by atoms with E-state index in [0.29, 0.717) is 16.4 Å². The molecule has 0 fully saturated rings. The van der Waals surface area contributed by atoms with Crippen molar-refractivity contribution in [3.05, 3.63) is 64.5 Å². The Morgan fingerprint density at radius 1 is 1.15 bits per heavy atom. The van der Waals surface area contributed by atoms with Crippen molar-refractivity contribution in [2.75, 3.05) is 11.9 Å². The lowest BCUT2D eigenvalue weighted by Crippen LogP contribution is -2.20. The van der Waals surface area contributed by atoms with Crippen LogP contribution < -0.4 is 10.1 Å². The van der Waals surface area contributed by atoms with Crippen LogP contribution in [0.15, 0.2) is 47.8 Å². The van der Waals surface area contributed by atoms with Crippen LogP contribution in [0.3, 0.4) is 0 Å². The number of nitrogens with zero attached hydrogens (tertiary/aromatic N) is 1. The molecule has 0 aliphatic carbocycles. The molecule has 1 N–H and O–H groups in total. The summed E-state index contributed by atoms with van der Waals surface area (Å²) in [5.74, 6) is 0.129. The van der Waals surface area contributed by atoms with Crippen LogP contribution in [-0.2, 0) is 4.79 Å². The average molecular weight is 380 g/mol. The van der Waals surface area contributed by atoms with E-state index in [4.69, 9.17) is 4.74 Å². The summed E-state index contributed by atoms with van der Waals surface area (Å²) in [6, 6.07) is 13.0. The van der Waals surface area contributed by atoms with Crippen molar-refractivity contribution in [3.8, 4) is 17.0 Å². The molecule has 1 aromatic heterocycles. The van der Waals surface area contributed by atoms with Gasteiger partial charge in [0.1, 0.15) is 5.75 Å². The molecule has 1 heterocycles. The van der Waals surface area contributed by atoms with E-state index in [9.17, 15) is 9.59 Å². The summed E-state index contributed by atoms with van der Waals surface area (Å²) in [5, 5.41) is 5.19. The third-order valence-electron chi connectivity index (χ3n) is 4.02. The van der Waals surface area contributed by atoms with Gasteiger partial charge in [0.15, 0.2) is 17.5 Å². The number of aryl methyl sites for hydroxylation is 2. The zero-order valence-electron chi connectivity index (χ0n) is 15.4. The molecule has 27 heavy (non-hydrogen) atoms. The standard InChI is InChI=1S/C21H20N2O3S/c1-13-7-8-18(14(2)9-13)19-12-27-21(22-19)23-20(25)11-26-17-6-4-5-16(10-17)15(3)24/h4-10,12H,11H2,1-3H3,(H,22,23,25). The molecule has 0 saturated heterocycles. The topological polar surface area (TPSA) is 68.3 Å². The smallest absolute Gasteiger partial charge is 0.264 e. The van der Waals surface area contributed by atoms with Crippen molar-refractivity contribution < 1.29 is 14.3 Å². The van der Waals surface area contributed by atoms with E-state index in [1.54, 1.807) is 24.3 Å². The van der Waals surface area contributed by atoms with E-state index in [1.807, 2.05) is 24.4 Å². The Balaban J connectivity index is 1.61. The minimum absolute atomic E-state index is 0.0494. The van der Waals surface area contributed by atoms with E-state index in [-0.39, 0.29) is 18.3 Å². The fourth-order valence-electron chi connectivity index (χ4n) is 2.66. The molecule has 6 heteroatoms. The highest BCUT2D eigenvalue weighted by Gasteiger charge is 2.11. The lowest BCUT2D eigenvalue weighted by Gasteiger charge is -2.07. The number of carbonyl (C=O) groups excluding carboxylic acids is 2. The van der Waals surface area contributed by atoms with Gasteiger partial charge in [0.25, 0.3) is 5.91 Å². The monoisotopic (exact) mass is 380 g/mol. The molecule has 0 aliphatic heterocycles. The summed E-state index contributed by atoms with van der Waals surface area (Å²) in [5.41, 5.74) is 4.78. The van der Waals surface area contributed by atoms with Gasteiger partial charge in [0.05, 0.1) is 5.69 Å². The maximum Gasteiger partial charge on any atom is 0.264 e. The lowest BCUT2D eigenvalue weighted by atomic mass is 10.0. The Hall–Kier alpha value is -2.99. The number of nitrogens with one attached hydrogen (secondary N) is 1. The van der Waals surface area contributed by atoms with E-state index < -0.39 is 0 Å². The maximum absolute atomic E-state index is 12.1. The van der Waals surface area contributed by atoms with Crippen molar-refractivity contribution in [2.24, 2.45) is 0 Å². The summed E-state index contributed by atoms with van der Waals surface area (Å²) in [6.07, 6.45) is 0. The first kappa shape index (κ1) is 18.8. The normalized spacial score (nSPS) is 10.5. The molecule has 0 aliphatic rings. The van der Waals surface area contributed by atoms with Gasteiger partial charge in [-0.05, 0) is 38.5 Å². The van der Waals surface area contributed by atoms with Crippen LogP contribution in [0.2, 0.25) is 0 Å². The van der Waals surface area contributed by atoms with Crippen molar-refractivity contribution in [1.82, 2.24) is 4.98 Å². The largest absolute Gasteiger partial charge is 0.484 e. The first-order valence-electron chi connectivity index (χ1n) is 8.49. The molecule has 3 rings (SSSR count). The molecule has 1 amide bonds. The van der Waals surface area contributed by atoms with Gasteiger partial charge in [-0.25, -0.2) is 4.98 Å². The van der Waals surface area contributed by atoms with Crippen LogP contribution in [0.1, 0.15) is 28.4 Å². The quantitative estimate of drug-likeness (QED) is 0.632. The molecule has 0 radical (unpaired) electrons. The number of Topliss-reactive ketones (excluding diaryl/α,β-unsaturated/α-hetero) is 1. The number of hydrogen-bond donors (Lipinski definition) is 1. The van der Waals surface area contributed by atoms with Crippen LogP contribution in [0.25, 0.3) is 11.3 Å². The van der Waals surface area contributed by atoms with Crippen LogP contribution in [-0.4, -0.2) is 23.3 Å². The summed E-state index contributed by atoms with van der Waals surface area (Å²) >= 11 is 1.37. The van der Waals surface area contributed by atoms with Crippen LogP contribution in [0.4, 0.5) is 5.13 Å². The number of aromatic nitrogens is 1. The summed E-state index contributed by atoms with van der Waals surface area (Å²) < 4.78 is 5.47. The van der Waals surface area contributed by atoms with E-state index in [1.165, 1.54) is 23.8 Å². The number of thiazole rings is 1. The predicted molar refractivity (Wildman–Crippen MR) is 108 cm³/mol. The maximum atomic E-state index is 12.1. The number of benzene rings is 2. The molecular weight excluding hydrogens is 360 g/mol. The van der Waals surface area contributed by atoms with Gasteiger partial charge in [-0.2, -0.15) is 0 Å². The number of ketones is 1. The second-order valence-corrected chi connectivity index (χ2v) is 7.14. The second kappa shape index (κ2) is 8.14. The van der Waals surface area contributed by atoms with Gasteiger partial charge in [-0.15, -0.1) is 11.3 Å². The fraction of sp³-hybridized carbons (Fsp3) is 0.190. The SMILES string of the molecule is CC(=O)c1cccc(OCC(=O)Nc2nc(-c3ccc(C)cc3C)cs2)c1. The number of amides is 1. The van der Waals surface area contributed by atoms with Crippen LogP contribution in [0.5, 0.6) is 5.75 Å². The highest BCUT2D eigenvalue weighted by Crippen LogP contribution is 2.28. The molecule has 0 unspecified atom stereocenters. The zero-order chi connectivity index (χ0) is 19.4. The molecule has 3 aromatic rings. The first-order chi connectivity index (χ1) is 12.9. The minimum Gasteiger partial charge on any atom is -0.484 e. The number of carbonyl (C=O) groups is 2. The Morgan fingerprint density at radius 3 is 2.70 bits per heavy atom. The first-order valence-corrected chi connectivity index (χ1v) is 9.37.